The Morgan fingerprint density at radius 3 is 2.84 bits per heavy atom. The highest BCUT2D eigenvalue weighted by Crippen LogP contribution is 2.30. The molecule has 0 amide bonds. The largest absolute Gasteiger partial charge is 0.244 e. The van der Waals surface area contributed by atoms with Crippen LogP contribution in [0.3, 0.4) is 0 Å². The molecule has 1 aromatic carbocycles. The fourth-order valence-corrected chi connectivity index (χ4v) is 4.97. The molecule has 1 aliphatic rings. The Hall–Kier alpha value is -0.100. The van der Waals surface area contributed by atoms with Crippen molar-refractivity contribution in [3.8, 4) is 0 Å². The van der Waals surface area contributed by atoms with Crippen LogP contribution in [0.1, 0.15) is 26.2 Å². The number of nitrogens with zero attached hydrogens (tertiary/aromatic N) is 1. The van der Waals surface area contributed by atoms with E-state index in [0.29, 0.717) is 19.0 Å². The van der Waals surface area contributed by atoms with Crippen LogP contribution in [0, 0.1) is 5.92 Å². The van der Waals surface area contributed by atoms with Gasteiger partial charge in [0, 0.05) is 17.6 Å². The standard InChI is InChI=1S/C13H17BrClNO2S/c1-2-10-4-3-7-16(9-10)19(17,18)13-6-5-11(14)8-12(13)15/h5-6,8,10H,2-4,7,9H2,1H3. The highest BCUT2D eigenvalue weighted by Gasteiger charge is 2.30. The van der Waals surface area contributed by atoms with Crippen molar-refractivity contribution in [1.29, 1.82) is 0 Å². The fraction of sp³-hybridized carbons (Fsp3) is 0.538. The molecular formula is C13H17BrClNO2S. The minimum absolute atomic E-state index is 0.203. The van der Waals surface area contributed by atoms with Gasteiger partial charge < -0.3 is 0 Å². The lowest BCUT2D eigenvalue weighted by atomic mass is 9.97. The first-order valence-electron chi connectivity index (χ1n) is 6.40. The average molecular weight is 367 g/mol. The first kappa shape index (κ1) is 15.3. The topological polar surface area (TPSA) is 37.4 Å². The lowest BCUT2D eigenvalue weighted by Crippen LogP contribution is -2.39. The van der Waals surface area contributed by atoms with E-state index in [4.69, 9.17) is 11.6 Å². The molecule has 1 fully saturated rings. The SMILES string of the molecule is CCC1CCCN(S(=O)(=O)c2ccc(Br)cc2Cl)C1. The molecule has 19 heavy (non-hydrogen) atoms. The minimum Gasteiger partial charge on any atom is -0.207 e. The summed E-state index contributed by atoms with van der Waals surface area (Å²) < 4.78 is 27.6. The summed E-state index contributed by atoms with van der Waals surface area (Å²) in [6, 6.07) is 4.90. The lowest BCUT2D eigenvalue weighted by molar-refractivity contribution is 0.261. The Kier molecular flexibility index (Phi) is 4.93. The molecule has 3 nitrogen and oxygen atoms in total. The smallest absolute Gasteiger partial charge is 0.207 e. The normalized spacial score (nSPS) is 21.5. The Morgan fingerprint density at radius 2 is 2.21 bits per heavy atom. The summed E-state index contributed by atoms with van der Waals surface area (Å²) in [6.45, 7) is 3.30. The van der Waals surface area contributed by atoms with Crippen LogP contribution in [0.15, 0.2) is 27.6 Å². The molecule has 1 unspecified atom stereocenters. The van der Waals surface area contributed by atoms with E-state index in [9.17, 15) is 8.42 Å². The second-order valence-corrected chi connectivity index (χ2v) is 8.08. The van der Waals surface area contributed by atoms with Crippen molar-refractivity contribution < 1.29 is 8.42 Å². The van der Waals surface area contributed by atoms with Crippen LogP contribution < -0.4 is 0 Å². The first-order valence-corrected chi connectivity index (χ1v) is 9.01. The number of halogens is 2. The molecule has 1 aromatic rings. The number of piperidine rings is 1. The van der Waals surface area contributed by atoms with Gasteiger partial charge in [-0.25, -0.2) is 8.42 Å². The summed E-state index contributed by atoms with van der Waals surface area (Å²) in [5.41, 5.74) is 0. The fourth-order valence-electron chi connectivity index (χ4n) is 2.40. The minimum atomic E-state index is -3.47. The van der Waals surface area contributed by atoms with Crippen LogP contribution in [0.25, 0.3) is 0 Å². The molecule has 0 aliphatic carbocycles. The maximum absolute atomic E-state index is 12.6. The van der Waals surface area contributed by atoms with Crippen LogP contribution in [-0.2, 0) is 10.0 Å². The highest BCUT2D eigenvalue weighted by atomic mass is 79.9. The Labute approximate surface area is 128 Å². The maximum atomic E-state index is 12.6. The summed E-state index contributed by atoms with van der Waals surface area (Å²) in [5.74, 6) is 0.456. The molecule has 0 aromatic heterocycles. The van der Waals surface area contributed by atoms with Gasteiger partial charge in [0.15, 0.2) is 0 Å². The predicted octanol–water partition coefficient (Wildman–Crippen LogP) is 3.91. The Balaban J connectivity index is 2.31. The first-order chi connectivity index (χ1) is 8.95. The molecule has 2 rings (SSSR count). The third kappa shape index (κ3) is 3.32. The quantitative estimate of drug-likeness (QED) is 0.813. The summed E-state index contributed by atoms with van der Waals surface area (Å²) in [7, 11) is -3.47. The van der Waals surface area contributed by atoms with Crippen LogP contribution in [-0.4, -0.2) is 25.8 Å². The summed E-state index contributed by atoms with van der Waals surface area (Å²) in [4.78, 5) is 0.203. The zero-order valence-electron chi connectivity index (χ0n) is 10.8. The second-order valence-electron chi connectivity index (χ2n) is 4.85. The molecule has 1 saturated heterocycles. The highest BCUT2D eigenvalue weighted by molar-refractivity contribution is 9.10. The van der Waals surface area contributed by atoms with Crippen LogP contribution in [0.4, 0.5) is 0 Å². The van der Waals surface area contributed by atoms with Crippen LogP contribution in [0.5, 0.6) is 0 Å². The Bertz CT molecular complexity index is 562. The molecule has 1 heterocycles. The van der Waals surface area contributed by atoms with Crippen molar-refractivity contribution in [1.82, 2.24) is 4.31 Å². The van der Waals surface area contributed by atoms with Gasteiger partial charge in [0.25, 0.3) is 0 Å². The Morgan fingerprint density at radius 1 is 1.47 bits per heavy atom. The molecule has 0 spiro atoms. The van der Waals surface area contributed by atoms with E-state index in [1.807, 2.05) is 0 Å². The van der Waals surface area contributed by atoms with E-state index in [1.54, 1.807) is 22.5 Å². The summed E-state index contributed by atoms with van der Waals surface area (Å²) in [6.07, 6.45) is 3.04. The van der Waals surface area contributed by atoms with Gasteiger partial charge in [-0.2, -0.15) is 4.31 Å². The third-order valence-electron chi connectivity index (χ3n) is 3.57. The predicted molar refractivity (Wildman–Crippen MR) is 80.9 cm³/mol. The van der Waals surface area contributed by atoms with E-state index in [2.05, 4.69) is 22.9 Å². The maximum Gasteiger partial charge on any atom is 0.244 e. The van der Waals surface area contributed by atoms with E-state index in [-0.39, 0.29) is 9.92 Å². The molecule has 1 atom stereocenters. The number of hydrogen-bond donors (Lipinski definition) is 0. The van der Waals surface area contributed by atoms with Crippen molar-refractivity contribution in [2.24, 2.45) is 5.92 Å². The number of hydrogen-bond acceptors (Lipinski definition) is 2. The third-order valence-corrected chi connectivity index (χ3v) is 6.41. The van der Waals surface area contributed by atoms with Gasteiger partial charge in [0.2, 0.25) is 10.0 Å². The monoisotopic (exact) mass is 365 g/mol. The number of benzene rings is 1. The molecule has 106 valence electrons. The van der Waals surface area contributed by atoms with E-state index in [1.165, 1.54) is 0 Å². The van der Waals surface area contributed by atoms with Gasteiger partial charge in [-0.05, 0) is 37.0 Å². The van der Waals surface area contributed by atoms with Crippen LogP contribution >= 0.6 is 27.5 Å². The second kappa shape index (κ2) is 6.12. The van der Waals surface area contributed by atoms with Crippen molar-refractivity contribution in [2.75, 3.05) is 13.1 Å². The van der Waals surface area contributed by atoms with Gasteiger partial charge in [0.05, 0.1) is 5.02 Å². The molecule has 0 radical (unpaired) electrons. The van der Waals surface area contributed by atoms with E-state index >= 15 is 0 Å². The molecule has 0 bridgehead atoms. The van der Waals surface area contributed by atoms with Crippen molar-refractivity contribution in [3.05, 3.63) is 27.7 Å². The number of sulfonamides is 1. The van der Waals surface area contributed by atoms with Gasteiger partial charge >= 0.3 is 0 Å². The molecule has 1 aliphatic heterocycles. The van der Waals surface area contributed by atoms with Gasteiger partial charge in [-0.15, -0.1) is 0 Å². The summed E-state index contributed by atoms with van der Waals surface area (Å²) in [5, 5.41) is 0.271. The van der Waals surface area contributed by atoms with Gasteiger partial charge in [0.1, 0.15) is 4.90 Å². The molecule has 0 N–H and O–H groups in total. The van der Waals surface area contributed by atoms with Crippen molar-refractivity contribution >= 4 is 37.6 Å². The number of rotatable bonds is 3. The van der Waals surface area contributed by atoms with Gasteiger partial charge in [-0.1, -0.05) is 40.9 Å². The lowest BCUT2D eigenvalue weighted by Gasteiger charge is -2.31. The summed E-state index contributed by atoms with van der Waals surface area (Å²) >= 11 is 9.35. The van der Waals surface area contributed by atoms with Crippen molar-refractivity contribution in [3.63, 3.8) is 0 Å². The van der Waals surface area contributed by atoms with Crippen LogP contribution in [0.2, 0.25) is 5.02 Å². The molecule has 6 heteroatoms. The van der Waals surface area contributed by atoms with E-state index in [0.717, 1.165) is 23.7 Å². The van der Waals surface area contributed by atoms with E-state index < -0.39 is 10.0 Å². The molecular weight excluding hydrogens is 350 g/mol. The zero-order chi connectivity index (χ0) is 14.0. The molecule has 0 saturated carbocycles. The van der Waals surface area contributed by atoms with Crippen molar-refractivity contribution in [2.45, 2.75) is 31.1 Å². The van der Waals surface area contributed by atoms with Gasteiger partial charge in [-0.3, -0.25) is 0 Å². The average Bonchev–Trinajstić information content (AvgIpc) is 2.38. The zero-order valence-corrected chi connectivity index (χ0v) is 13.9.